The largest absolute Gasteiger partial charge is 0.378 e. The van der Waals surface area contributed by atoms with E-state index >= 15 is 0 Å². The summed E-state index contributed by atoms with van der Waals surface area (Å²) in [4.78, 5) is 24.4. The van der Waals surface area contributed by atoms with E-state index in [1.807, 2.05) is 36.4 Å². The molecule has 0 saturated heterocycles. The van der Waals surface area contributed by atoms with Gasteiger partial charge in [0.15, 0.2) is 6.10 Å². The molecule has 1 atom stereocenters. The van der Waals surface area contributed by atoms with Crippen molar-refractivity contribution >= 4 is 56.5 Å². The zero-order chi connectivity index (χ0) is 24.5. The van der Waals surface area contributed by atoms with E-state index in [0.717, 1.165) is 21.3 Å². The van der Waals surface area contributed by atoms with Crippen molar-refractivity contribution in [3.63, 3.8) is 0 Å². The van der Waals surface area contributed by atoms with Crippen molar-refractivity contribution in [1.82, 2.24) is 20.4 Å². The molecule has 0 radical (unpaired) electrons. The molecule has 0 bridgehead atoms. The highest BCUT2D eigenvalue weighted by molar-refractivity contribution is 7.98. The lowest BCUT2D eigenvalue weighted by molar-refractivity contribution is -0.124. The molecule has 2 amide bonds. The quantitative estimate of drug-likeness (QED) is 0.252. The zero-order valence-electron chi connectivity index (χ0n) is 18.5. The molecule has 0 spiro atoms. The monoisotopic (exact) mass is 526 g/mol. The maximum absolute atomic E-state index is 12.2. The van der Waals surface area contributed by atoms with Crippen molar-refractivity contribution in [2.75, 3.05) is 16.4 Å². The highest BCUT2D eigenvalue weighted by Gasteiger charge is 2.19. The number of carbonyl (C=O) groups excluding carboxylic acids is 2. The van der Waals surface area contributed by atoms with Crippen LogP contribution in [-0.2, 0) is 28.2 Å². The summed E-state index contributed by atoms with van der Waals surface area (Å²) in [5, 5.41) is 34.3. The summed E-state index contributed by atoms with van der Waals surface area (Å²) >= 11 is 4.30. The Labute approximate surface area is 214 Å². The maximum Gasteiger partial charge on any atom is 0.259 e. The average Bonchev–Trinajstić information content (AvgIpc) is 3.51. The second kappa shape index (κ2) is 12.5. The van der Waals surface area contributed by atoms with Crippen molar-refractivity contribution in [2.45, 2.75) is 24.7 Å². The lowest BCUT2D eigenvalue weighted by Crippen LogP contribution is -2.20. The first-order chi connectivity index (χ1) is 17.1. The number of rotatable bonds is 11. The van der Waals surface area contributed by atoms with Crippen LogP contribution in [0, 0.1) is 0 Å². The molecular formula is C23H22N6O3S3. The molecule has 2 aromatic carbocycles. The number of aliphatic hydroxyl groups excluding tert-OH is 1. The minimum absolute atomic E-state index is 0.122. The number of aryl methyl sites for hydroxylation is 1. The van der Waals surface area contributed by atoms with E-state index in [-0.39, 0.29) is 5.91 Å². The van der Waals surface area contributed by atoms with Gasteiger partial charge in [-0.2, -0.15) is 11.8 Å². The Morgan fingerprint density at radius 2 is 1.49 bits per heavy atom. The molecule has 0 aliphatic rings. The van der Waals surface area contributed by atoms with E-state index in [1.165, 1.54) is 22.7 Å². The van der Waals surface area contributed by atoms with Gasteiger partial charge < -0.3 is 10.4 Å². The van der Waals surface area contributed by atoms with Crippen LogP contribution in [0.25, 0.3) is 0 Å². The number of aliphatic hydroxyl groups is 1. The SMILES string of the molecule is O=C(Cc1ccccc1)Nc1nnc(CCSCc2nnc(NC(=O)C(O)c3ccccc3)s2)s1. The predicted molar refractivity (Wildman–Crippen MR) is 138 cm³/mol. The van der Waals surface area contributed by atoms with Crippen LogP contribution in [0.15, 0.2) is 60.7 Å². The third-order valence-electron chi connectivity index (χ3n) is 4.67. The van der Waals surface area contributed by atoms with Gasteiger partial charge in [-0.1, -0.05) is 83.3 Å². The molecule has 2 heterocycles. The Morgan fingerprint density at radius 1 is 0.857 bits per heavy atom. The second-order valence-electron chi connectivity index (χ2n) is 7.32. The van der Waals surface area contributed by atoms with Crippen molar-refractivity contribution in [3.05, 3.63) is 81.8 Å². The summed E-state index contributed by atoms with van der Waals surface area (Å²) in [7, 11) is 0. The minimum Gasteiger partial charge on any atom is -0.378 e. The summed E-state index contributed by atoms with van der Waals surface area (Å²) in [5.41, 5.74) is 1.46. The van der Waals surface area contributed by atoms with Crippen LogP contribution in [0.1, 0.15) is 27.2 Å². The Hall–Kier alpha value is -3.19. The summed E-state index contributed by atoms with van der Waals surface area (Å²) in [5.74, 6) is 0.757. The molecule has 4 rings (SSSR count). The molecule has 12 heteroatoms. The van der Waals surface area contributed by atoms with Crippen LogP contribution in [0.5, 0.6) is 0 Å². The van der Waals surface area contributed by atoms with E-state index in [9.17, 15) is 14.7 Å². The fraction of sp³-hybridized carbons (Fsp3) is 0.217. The predicted octanol–water partition coefficient (Wildman–Crippen LogP) is 3.72. The van der Waals surface area contributed by atoms with Gasteiger partial charge >= 0.3 is 0 Å². The number of hydrogen-bond acceptors (Lipinski definition) is 10. The smallest absolute Gasteiger partial charge is 0.259 e. The van der Waals surface area contributed by atoms with E-state index in [0.29, 0.717) is 34.4 Å². The lowest BCUT2D eigenvalue weighted by Gasteiger charge is -2.09. The number of thioether (sulfide) groups is 1. The van der Waals surface area contributed by atoms with Crippen molar-refractivity contribution in [3.8, 4) is 0 Å². The topological polar surface area (TPSA) is 130 Å². The van der Waals surface area contributed by atoms with E-state index in [2.05, 4.69) is 31.0 Å². The Kier molecular flexibility index (Phi) is 8.90. The fourth-order valence-electron chi connectivity index (χ4n) is 2.99. The molecule has 0 saturated carbocycles. The molecule has 3 N–H and O–H groups in total. The summed E-state index contributed by atoms with van der Waals surface area (Å²) in [6, 6.07) is 18.2. The first-order valence-electron chi connectivity index (χ1n) is 10.7. The number of anilines is 2. The molecule has 0 aliphatic carbocycles. The Bertz CT molecular complexity index is 1250. The molecule has 1 unspecified atom stereocenters. The molecule has 2 aromatic heterocycles. The Morgan fingerprint density at radius 3 is 2.23 bits per heavy atom. The third-order valence-corrected chi connectivity index (χ3v) is 7.56. The molecular weight excluding hydrogens is 504 g/mol. The minimum atomic E-state index is -1.27. The Balaban J connectivity index is 1.16. The number of amides is 2. The van der Waals surface area contributed by atoms with Crippen LogP contribution in [-0.4, -0.2) is 43.1 Å². The normalized spacial score (nSPS) is 11.7. The van der Waals surface area contributed by atoms with E-state index < -0.39 is 12.0 Å². The highest BCUT2D eigenvalue weighted by Crippen LogP contribution is 2.23. The van der Waals surface area contributed by atoms with Gasteiger partial charge in [0.05, 0.1) is 6.42 Å². The number of nitrogens with zero attached hydrogens (tertiary/aromatic N) is 4. The van der Waals surface area contributed by atoms with Gasteiger partial charge in [-0.05, 0) is 11.1 Å². The summed E-state index contributed by atoms with van der Waals surface area (Å²) in [6.07, 6.45) is -0.262. The maximum atomic E-state index is 12.2. The van der Waals surface area contributed by atoms with Crippen molar-refractivity contribution in [2.24, 2.45) is 0 Å². The van der Waals surface area contributed by atoms with Gasteiger partial charge in [0, 0.05) is 17.9 Å². The number of aromatic nitrogens is 4. The first-order valence-corrected chi connectivity index (χ1v) is 13.5. The summed E-state index contributed by atoms with van der Waals surface area (Å²) < 4.78 is 0. The number of hydrogen-bond donors (Lipinski definition) is 3. The number of nitrogens with one attached hydrogen (secondary N) is 2. The van der Waals surface area contributed by atoms with Gasteiger partial charge in [0.25, 0.3) is 5.91 Å². The molecule has 35 heavy (non-hydrogen) atoms. The number of benzene rings is 2. The van der Waals surface area contributed by atoms with Gasteiger partial charge in [0.2, 0.25) is 16.2 Å². The summed E-state index contributed by atoms with van der Waals surface area (Å²) in [6.45, 7) is 0. The van der Waals surface area contributed by atoms with E-state index in [1.54, 1.807) is 36.0 Å². The van der Waals surface area contributed by atoms with Crippen molar-refractivity contribution < 1.29 is 14.7 Å². The van der Waals surface area contributed by atoms with Crippen LogP contribution in [0.4, 0.5) is 10.3 Å². The average molecular weight is 527 g/mol. The number of carbonyl (C=O) groups is 2. The highest BCUT2D eigenvalue weighted by atomic mass is 32.2. The second-order valence-corrected chi connectivity index (χ2v) is 10.5. The molecule has 180 valence electrons. The van der Waals surface area contributed by atoms with E-state index in [4.69, 9.17) is 0 Å². The lowest BCUT2D eigenvalue weighted by atomic mass is 10.1. The molecule has 0 aliphatic heterocycles. The first kappa shape index (κ1) is 24.9. The van der Waals surface area contributed by atoms with Crippen LogP contribution in [0.3, 0.4) is 0 Å². The molecule has 9 nitrogen and oxygen atoms in total. The van der Waals surface area contributed by atoms with Gasteiger partial charge in [-0.25, -0.2) is 0 Å². The van der Waals surface area contributed by atoms with Gasteiger partial charge in [-0.3, -0.25) is 14.9 Å². The molecule has 0 fully saturated rings. The van der Waals surface area contributed by atoms with Gasteiger partial charge in [-0.15, -0.1) is 20.4 Å². The fourth-order valence-corrected chi connectivity index (χ4v) is 5.61. The van der Waals surface area contributed by atoms with Gasteiger partial charge in [0.1, 0.15) is 10.0 Å². The van der Waals surface area contributed by atoms with Crippen molar-refractivity contribution in [1.29, 1.82) is 0 Å². The standard InChI is InChI=1S/C23H22N6O3S3/c30-17(13-15-7-3-1-4-8-15)24-22-28-26-18(34-22)11-12-33-14-19-27-29-23(35-19)25-21(32)20(31)16-9-5-2-6-10-16/h1-10,20,31H,11-14H2,(H,24,28,30)(H,25,29,32). The molecule has 4 aromatic rings. The third kappa shape index (κ3) is 7.65. The van der Waals surface area contributed by atoms with Crippen LogP contribution >= 0.6 is 34.4 Å². The van der Waals surface area contributed by atoms with Crippen LogP contribution in [0.2, 0.25) is 0 Å². The van der Waals surface area contributed by atoms with Crippen LogP contribution < -0.4 is 10.6 Å². The zero-order valence-corrected chi connectivity index (χ0v) is 20.9.